The molecule has 3 rings (SSSR count). The minimum absolute atomic E-state index is 0.0449. The Morgan fingerprint density at radius 2 is 2.26 bits per heavy atom. The maximum Gasteiger partial charge on any atom is 0.184 e. The van der Waals surface area contributed by atoms with Crippen molar-refractivity contribution in [1.29, 1.82) is 0 Å². The van der Waals surface area contributed by atoms with Gasteiger partial charge in [0, 0.05) is 12.1 Å². The molecule has 1 aromatic carbocycles. The topological polar surface area (TPSA) is 55.6 Å². The molecule has 5 nitrogen and oxygen atoms in total. The Morgan fingerprint density at radius 1 is 1.42 bits per heavy atom. The molecule has 3 aromatic rings. The van der Waals surface area contributed by atoms with Crippen LogP contribution in [0, 0.1) is 0 Å². The van der Waals surface area contributed by atoms with Gasteiger partial charge in [0.25, 0.3) is 0 Å². The number of hydrogen-bond donors (Lipinski definition) is 1. The van der Waals surface area contributed by atoms with Crippen LogP contribution in [0.15, 0.2) is 24.5 Å². The Hall–Kier alpha value is -1.66. The van der Waals surface area contributed by atoms with E-state index >= 15 is 0 Å². The van der Waals surface area contributed by atoms with Crippen molar-refractivity contribution in [3.8, 4) is 0 Å². The van der Waals surface area contributed by atoms with Gasteiger partial charge in [-0.1, -0.05) is 22.9 Å². The molecule has 0 aliphatic heterocycles. The second-order valence-corrected chi connectivity index (χ2v) is 5.76. The normalized spacial score (nSPS) is 12.8. The molecule has 1 atom stereocenters. The van der Waals surface area contributed by atoms with E-state index in [2.05, 4.69) is 20.5 Å². The first-order valence-corrected chi connectivity index (χ1v) is 6.99. The van der Waals surface area contributed by atoms with E-state index in [-0.39, 0.29) is 6.04 Å². The summed E-state index contributed by atoms with van der Waals surface area (Å²) in [5.74, 6) is 0.872. The number of anilines is 1. The number of aryl methyl sites for hydroxylation is 1. The molecule has 2 aromatic heterocycles. The maximum absolute atomic E-state index is 5.96. The molecule has 19 heavy (non-hydrogen) atoms. The molecule has 0 fully saturated rings. The molecule has 7 heteroatoms. The summed E-state index contributed by atoms with van der Waals surface area (Å²) in [7, 11) is 1.92. The molecule has 1 unspecified atom stereocenters. The highest BCUT2D eigenvalue weighted by atomic mass is 35.5. The van der Waals surface area contributed by atoms with Gasteiger partial charge in [-0.05, 0) is 25.1 Å². The van der Waals surface area contributed by atoms with E-state index in [1.165, 1.54) is 0 Å². The first kappa shape index (κ1) is 12.4. The molecule has 0 aliphatic carbocycles. The molecule has 0 saturated carbocycles. The molecule has 0 spiro atoms. The van der Waals surface area contributed by atoms with Crippen LogP contribution in [-0.4, -0.2) is 19.7 Å². The second-order valence-electron chi connectivity index (χ2n) is 4.30. The number of rotatable bonds is 3. The highest BCUT2D eigenvalue weighted by Crippen LogP contribution is 2.29. The van der Waals surface area contributed by atoms with Gasteiger partial charge in [0.05, 0.1) is 16.3 Å². The van der Waals surface area contributed by atoms with Crippen molar-refractivity contribution >= 4 is 38.3 Å². The average molecular weight is 294 g/mol. The summed E-state index contributed by atoms with van der Waals surface area (Å²) in [5, 5.41) is 12.9. The van der Waals surface area contributed by atoms with Gasteiger partial charge in [0.15, 0.2) is 11.0 Å². The van der Waals surface area contributed by atoms with Crippen molar-refractivity contribution in [2.45, 2.75) is 13.0 Å². The third kappa shape index (κ3) is 2.41. The van der Waals surface area contributed by atoms with Crippen LogP contribution in [0.5, 0.6) is 0 Å². The third-order valence-corrected chi connectivity index (χ3v) is 4.03. The lowest BCUT2D eigenvalue weighted by Gasteiger charge is -2.11. The standard InChI is InChI=1S/C12H12ClN5S/c1-7(11-17-14-6-18(11)2)15-12-16-9-5-8(13)3-4-10(9)19-12/h3-7H,1-2H3,(H,15,16). The van der Waals surface area contributed by atoms with Crippen LogP contribution in [0.2, 0.25) is 5.02 Å². The second kappa shape index (κ2) is 4.79. The smallest absolute Gasteiger partial charge is 0.184 e. The van der Waals surface area contributed by atoms with Crippen LogP contribution < -0.4 is 5.32 Å². The zero-order chi connectivity index (χ0) is 13.4. The van der Waals surface area contributed by atoms with Crippen LogP contribution in [0.3, 0.4) is 0 Å². The zero-order valence-electron chi connectivity index (χ0n) is 10.5. The van der Waals surface area contributed by atoms with E-state index < -0.39 is 0 Å². The minimum atomic E-state index is 0.0449. The Morgan fingerprint density at radius 3 is 3.00 bits per heavy atom. The summed E-state index contributed by atoms with van der Waals surface area (Å²) in [6.07, 6.45) is 1.69. The third-order valence-electron chi connectivity index (χ3n) is 2.82. The van der Waals surface area contributed by atoms with E-state index in [9.17, 15) is 0 Å². The summed E-state index contributed by atoms with van der Waals surface area (Å²) in [5.41, 5.74) is 0.908. The molecule has 2 heterocycles. The summed E-state index contributed by atoms with van der Waals surface area (Å²) in [4.78, 5) is 4.52. The number of aromatic nitrogens is 4. The monoisotopic (exact) mass is 293 g/mol. The average Bonchev–Trinajstić information content (AvgIpc) is 2.94. The van der Waals surface area contributed by atoms with Crippen LogP contribution >= 0.6 is 22.9 Å². The molecule has 0 aliphatic rings. The van der Waals surface area contributed by atoms with Gasteiger partial charge in [-0.15, -0.1) is 10.2 Å². The van der Waals surface area contributed by atoms with E-state index in [0.717, 1.165) is 21.2 Å². The maximum atomic E-state index is 5.96. The van der Waals surface area contributed by atoms with Gasteiger partial charge in [-0.3, -0.25) is 0 Å². The first-order chi connectivity index (χ1) is 9.13. The number of benzene rings is 1. The fourth-order valence-corrected chi connectivity index (χ4v) is 3.00. The van der Waals surface area contributed by atoms with E-state index in [1.54, 1.807) is 17.7 Å². The quantitative estimate of drug-likeness (QED) is 0.805. The first-order valence-electron chi connectivity index (χ1n) is 5.80. The van der Waals surface area contributed by atoms with Gasteiger partial charge >= 0.3 is 0 Å². The largest absolute Gasteiger partial charge is 0.352 e. The molecular formula is C12H12ClN5S. The molecular weight excluding hydrogens is 282 g/mol. The predicted octanol–water partition coefficient (Wildman–Crippen LogP) is 3.25. The summed E-state index contributed by atoms with van der Waals surface area (Å²) < 4.78 is 3.00. The lowest BCUT2D eigenvalue weighted by Crippen LogP contribution is -2.11. The predicted molar refractivity (Wildman–Crippen MR) is 77.7 cm³/mol. The molecule has 98 valence electrons. The number of hydrogen-bond acceptors (Lipinski definition) is 5. The Labute approximate surface area is 119 Å². The molecule has 0 saturated heterocycles. The van der Waals surface area contributed by atoms with Crippen molar-refractivity contribution in [2.75, 3.05) is 5.32 Å². The molecule has 0 bridgehead atoms. The SMILES string of the molecule is CC(Nc1nc2cc(Cl)ccc2s1)c1nncn1C. The van der Waals surface area contributed by atoms with E-state index in [4.69, 9.17) is 11.6 Å². The van der Waals surface area contributed by atoms with Crippen molar-refractivity contribution in [3.05, 3.63) is 35.4 Å². The van der Waals surface area contributed by atoms with Gasteiger partial charge in [-0.25, -0.2) is 4.98 Å². The Balaban J connectivity index is 1.87. The van der Waals surface area contributed by atoms with E-state index in [0.29, 0.717) is 5.02 Å². The Kier molecular flexibility index (Phi) is 3.12. The fourth-order valence-electron chi connectivity index (χ4n) is 1.90. The minimum Gasteiger partial charge on any atom is -0.352 e. The highest BCUT2D eigenvalue weighted by molar-refractivity contribution is 7.22. The molecule has 0 radical (unpaired) electrons. The van der Waals surface area contributed by atoms with Crippen molar-refractivity contribution in [1.82, 2.24) is 19.7 Å². The molecule has 0 amide bonds. The van der Waals surface area contributed by atoms with E-state index in [1.807, 2.05) is 36.7 Å². The van der Waals surface area contributed by atoms with Crippen molar-refractivity contribution in [2.24, 2.45) is 7.05 Å². The lowest BCUT2D eigenvalue weighted by molar-refractivity contribution is 0.719. The summed E-state index contributed by atoms with van der Waals surface area (Å²) in [6, 6.07) is 5.76. The van der Waals surface area contributed by atoms with Crippen LogP contribution in [-0.2, 0) is 7.05 Å². The van der Waals surface area contributed by atoms with Gasteiger partial charge in [0.1, 0.15) is 6.33 Å². The lowest BCUT2D eigenvalue weighted by atomic mass is 10.3. The number of nitrogens with zero attached hydrogens (tertiary/aromatic N) is 4. The number of thiazole rings is 1. The van der Waals surface area contributed by atoms with Gasteiger partial charge < -0.3 is 9.88 Å². The zero-order valence-corrected chi connectivity index (χ0v) is 12.0. The number of nitrogens with one attached hydrogen (secondary N) is 1. The van der Waals surface area contributed by atoms with Gasteiger partial charge in [-0.2, -0.15) is 0 Å². The summed E-state index contributed by atoms with van der Waals surface area (Å²) >= 11 is 7.56. The van der Waals surface area contributed by atoms with Crippen LogP contribution in [0.25, 0.3) is 10.2 Å². The van der Waals surface area contributed by atoms with Gasteiger partial charge in [0.2, 0.25) is 0 Å². The summed E-state index contributed by atoms with van der Waals surface area (Å²) in [6.45, 7) is 2.03. The van der Waals surface area contributed by atoms with Crippen molar-refractivity contribution in [3.63, 3.8) is 0 Å². The number of halogens is 1. The fraction of sp³-hybridized carbons (Fsp3) is 0.250. The molecule has 1 N–H and O–H groups in total. The Bertz CT molecular complexity index is 720. The highest BCUT2D eigenvalue weighted by Gasteiger charge is 2.13. The van der Waals surface area contributed by atoms with Crippen LogP contribution in [0.4, 0.5) is 5.13 Å². The van der Waals surface area contributed by atoms with Crippen molar-refractivity contribution < 1.29 is 0 Å². The number of fused-ring (bicyclic) bond motifs is 1. The van der Waals surface area contributed by atoms with Crippen LogP contribution in [0.1, 0.15) is 18.8 Å².